The lowest BCUT2D eigenvalue weighted by atomic mass is 10.1. The Hall–Kier alpha value is -3.50. The number of anilines is 1. The Morgan fingerprint density at radius 1 is 1.16 bits per heavy atom. The highest BCUT2D eigenvalue weighted by atomic mass is 32.2. The fourth-order valence-corrected chi connectivity index (χ4v) is 5.20. The predicted octanol–water partition coefficient (Wildman–Crippen LogP) is 4.99. The van der Waals surface area contributed by atoms with Crippen LogP contribution in [0.4, 0.5) is 5.69 Å². The Kier molecular flexibility index (Phi) is 9.60. The Bertz CT molecular complexity index is 1460. The summed E-state index contributed by atoms with van der Waals surface area (Å²) in [6.07, 6.45) is 4.08. The molecule has 2 N–H and O–H groups in total. The summed E-state index contributed by atoms with van der Waals surface area (Å²) in [7, 11) is -1.29. The van der Waals surface area contributed by atoms with Crippen LogP contribution >= 0.6 is 0 Å². The number of hydrogen-bond acceptors (Lipinski definition) is 7. The van der Waals surface area contributed by atoms with Gasteiger partial charge in [0.2, 0.25) is 10.0 Å². The SMILES string of the molecule is CC(=O)O.CCCCS(=O)(=O)Nc1ccc2oc(C)c(CCN(C)Cc3cnc4ccccc4n3)c2c1. The molecule has 0 saturated heterocycles. The number of carbonyl (C=O) groups is 1. The van der Waals surface area contributed by atoms with Gasteiger partial charge in [-0.2, -0.15) is 0 Å². The van der Waals surface area contributed by atoms with Gasteiger partial charge in [-0.15, -0.1) is 0 Å². The molecule has 2 aromatic carbocycles. The van der Waals surface area contributed by atoms with Gasteiger partial charge in [0.05, 0.1) is 28.7 Å². The van der Waals surface area contributed by atoms with Crippen molar-refractivity contribution in [3.05, 3.63) is 65.7 Å². The molecule has 2 heterocycles. The molecule has 0 aliphatic carbocycles. The van der Waals surface area contributed by atoms with Crippen molar-refractivity contribution in [1.29, 1.82) is 0 Å². The lowest BCUT2D eigenvalue weighted by Gasteiger charge is -2.16. The second-order valence-corrected chi connectivity index (χ2v) is 10.8. The van der Waals surface area contributed by atoms with Crippen LogP contribution in [0.15, 0.2) is 53.1 Å². The van der Waals surface area contributed by atoms with E-state index in [1.54, 1.807) is 6.07 Å². The lowest BCUT2D eigenvalue weighted by Crippen LogP contribution is -2.21. The van der Waals surface area contributed by atoms with E-state index in [0.29, 0.717) is 18.7 Å². The number of sulfonamides is 1. The fourth-order valence-electron chi connectivity index (χ4n) is 3.94. The van der Waals surface area contributed by atoms with E-state index in [-0.39, 0.29) is 5.75 Å². The van der Waals surface area contributed by atoms with E-state index in [1.165, 1.54) is 0 Å². The summed E-state index contributed by atoms with van der Waals surface area (Å²) in [5.74, 6) is 0.149. The van der Waals surface area contributed by atoms with Gasteiger partial charge in [0.25, 0.3) is 5.97 Å². The van der Waals surface area contributed by atoms with E-state index < -0.39 is 16.0 Å². The number of aryl methyl sites for hydroxylation is 1. The van der Waals surface area contributed by atoms with Crippen molar-refractivity contribution in [2.24, 2.45) is 0 Å². The summed E-state index contributed by atoms with van der Waals surface area (Å²) in [6.45, 7) is 6.51. The molecule has 9 nitrogen and oxygen atoms in total. The largest absolute Gasteiger partial charge is 0.481 e. The van der Waals surface area contributed by atoms with Crippen molar-refractivity contribution in [3.8, 4) is 0 Å². The molecular weight excluding hydrogens is 492 g/mol. The van der Waals surface area contributed by atoms with Crippen molar-refractivity contribution in [2.75, 3.05) is 24.1 Å². The molecule has 0 spiro atoms. The number of aromatic nitrogens is 2. The second-order valence-electron chi connectivity index (χ2n) is 8.98. The van der Waals surface area contributed by atoms with Gasteiger partial charge in [0.1, 0.15) is 11.3 Å². The summed E-state index contributed by atoms with van der Waals surface area (Å²) in [4.78, 5) is 20.4. The van der Waals surface area contributed by atoms with Crippen LogP contribution in [-0.4, -0.2) is 53.7 Å². The van der Waals surface area contributed by atoms with E-state index in [1.807, 2.05) is 56.4 Å². The minimum atomic E-state index is -3.35. The van der Waals surface area contributed by atoms with E-state index in [4.69, 9.17) is 19.3 Å². The number of carboxylic acid groups (broad SMARTS) is 1. The van der Waals surface area contributed by atoms with Crippen LogP contribution in [0, 0.1) is 6.92 Å². The van der Waals surface area contributed by atoms with Gasteiger partial charge in [-0.3, -0.25) is 14.5 Å². The average Bonchev–Trinajstić information content (AvgIpc) is 3.15. The first-order valence-electron chi connectivity index (χ1n) is 12.2. The summed E-state index contributed by atoms with van der Waals surface area (Å²) in [5, 5.41) is 8.36. The highest BCUT2D eigenvalue weighted by Crippen LogP contribution is 2.29. The number of hydrogen-bond donors (Lipinski definition) is 2. The topological polar surface area (TPSA) is 126 Å². The zero-order chi connectivity index (χ0) is 27.0. The van der Waals surface area contributed by atoms with Crippen molar-refractivity contribution in [3.63, 3.8) is 0 Å². The zero-order valence-corrected chi connectivity index (χ0v) is 22.5. The fraction of sp³-hybridized carbons (Fsp3) is 0.370. The molecule has 0 aliphatic heterocycles. The number of fused-ring (bicyclic) bond motifs is 2. The second kappa shape index (κ2) is 12.6. The molecule has 0 radical (unpaired) electrons. The molecule has 0 aliphatic rings. The van der Waals surface area contributed by atoms with Crippen molar-refractivity contribution in [2.45, 2.75) is 46.6 Å². The smallest absolute Gasteiger partial charge is 0.300 e. The van der Waals surface area contributed by atoms with E-state index >= 15 is 0 Å². The first kappa shape index (κ1) is 28.1. The summed E-state index contributed by atoms with van der Waals surface area (Å²) in [5.41, 5.74) is 5.15. The van der Waals surface area contributed by atoms with E-state index in [0.717, 1.165) is 65.3 Å². The van der Waals surface area contributed by atoms with Crippen molar-refractivity contribution in [1.82, 2.24) is 14.9 Å². The summed E-state index contributed by atoms with van der Waals surface area (Å²) < 4.78 is 33.2. The standard InChI is InChI=1S/C25H30N4O3S.C2H4O2/c1-4-5-14-33(30,31)28-19-10-11-25-22(15-19)21(18(2)32-25)12-13-29(3)17-20-16-26-23-8-6-7-9-24(23)27-20;1-2(3)4/h6-11,15-16,28H,4-5,12-14,17H2,1-3H3;1H3,(H,3,4). The highest BCUT2D eigenvalue weighted by molar-refractivity contribution is 7.92. The number of aliphatic carboxylic acids is 1. The lowest BCUT2D eigenvalue weighted by molar-refractivity contribution is -0.134. The third-order valence-electron chi connectivity index (χ3n) is 5.71. The summed E-state index contributed by atoms with van der Waals surface area (Å²) in [6, 6.07) is 13.3. The van der Waals surface area contributed by atoms with Crippen LogP contribution in [0.2, 0.25) is 0 Å². The quantitative estimate of drug-likeness (QED) is 0.296. The number of rotatable bonds is 10. The Balaban J connectivity index is 0.000000886. The van der Waals surface area contributed by atoms with Gasteiger partial charge in [-0.05, 0) is 57.1 Å². The van der Waals surface area contributed by atoms with Crippen LogP contribution in [0.5, 0.6) is 0 Å². The van der Waals surface area contributed by atoms with Crippen LogP contribution in [0.1, 0.15) is 43.7 Å². The molecule has 10 heteroatoms. The van der Waals surface area contributed by atoms with Crippen molar-refractivity contribution < 1.29 is 22.7 Å². The zero-order valence-electron chi connectivity index (χ0n) is 21.7. The van der Waals surface area contributed by atoms with Gasteiger partial charge < -0.3 is 14.4 Å². The molecule has 0 atom stereocenters. The maximum atomic E-state index is 12.3. The Morgan fingerprint density at radius 2 is 1.86 bits per heavy atom. The molecule has 198 valence electrons. The number of unbranched alkanes of at least 4 members (excludes halogenated alkanes) is 1. The molecule has 4 aromatic rings. The molecule has 4 rings (SSSR count). The summed E-state index contributed by atoms with van der Waals surface area (Å²) >= 11 is 0. The first-order valence-corrected chi connectivity index (χ1v) is 13.8. The third kappa shape index (κ3) is 8.26. The molecule has 0 amide bonds. The number of benzene rings is 2. The number of likely N-dealkylation sites (N-methyl/N-ethyl adjacent to an activating group) is 1. The average molecular weight is 527 g/mol. The minimum Gasteiger partial charge on any atom is -0.481 e. The molecule has 0 bridgehead atoms. The third-order valence-corrected chi connectivity index (χ3v) is 7.08. The normalized spacial score (nSPS) is 11.5. The maximum Gasteiger partial charge on any atom is 0.300 e. The molecule has 2 aromatic heterocycles. The molecule has 37 heavy (non-hydrogen) atoms. The number of nitrogens with one attached hydrogen (secondary N) is 1. The Morgan fingerprint density at radius 3 is 2.57 bits per heavy atom. The number of nitrogens with zero attached hydrogens (tertiary/aromatic N) is 3. The molecule has 0 fully saturated rings. The number of para-hydroxylation sites is 2. The van der Waals surface area contributed by atoms with Gasteiger partial charge in [0.15, 0.2) is 0 Å². The van der Waals surface area contributed by atoms with E-state index in [9.17, 15) is 8.42 Å². The van der Waals surface area contributed by atoms with Crippen LogP contribution in [0.25, 0.3) is 22.0 Å². The first-order chi connectivity index (χ1) is 17.6. The van der Waals surface area contributed by atoms with Gasteiger partial charge in [0, 0.05) is 36.7 Å². The van der Waals surface area contributed by atoms with Crippen LogP contribution in [-0.2, 0) is 27.8 Å². The number of carboxylic acids is 1. The monoisotopic (exact) mass is 526 g/mol. The van der Waals surface area contributed by atoms with E-state index in [2.05, 4.69) is 21.7 Å². The van der Waals surface area contributed by atoms with Crippen molar-refractivity contribution >= 4 is 43.7 Å². The predicted molar refractivity (Wildman–Crippen MR) is 146 cm³/mol. The molecule has 0 saturated carbocycles. The van der Waals surface area contributed by atoms with Crippen LogP contribution < -0.4 is 4.72 Å². The minimum absolute atomic E-state index is 0.126. The highest BCUT2D eigenvalue weighted by Gasteiger charge is 2.15. The number of furan rings is 1. The van der Waals surface area contributed by atoms with Gasteiger partial charge >= 0.3 is 0 Å². The maximum absolute atomic E-state index is 12.3. The molecular formula is C27H34N4O5S. The Labute approximate surface area is 217 Å². The van der Waals surface area contributed by atoms with Gasteiger partial charge in [-0.1, -0.05) is 25.5 Å². The van der Waals surface area contributed by atoms with Gasteiger partial charge in [-0.25, -0.2) is 13.4 Å². The molecule has 0 unspecified atom stereocenters. The van der Waals surface area contributed by atoms with Crippen LogP contribution in [0.3, 0.4) is 0 Å².